The van der Waals surface area contributed by atoms with Crippen molar-refractivity contribution in [2.75, 3.05) is 36.1 Å². The quantitative estimate of drug-likeness (QED) is 0.426. The fraction of sp³-hybridized carbons (Fsp3) is 0.250. The molecular formula is C24H26N8O2. The molecule has 1 aliphatic rings. The number of nitrogen functional groups attached to an aromatic ring is 1. The number of hydrogen-bond acceptors (Lipinski definition) is 7. The predicted molar refractivity (Wildman–Crippen MR) is 131 cm³/mol. The lowest BCUT2D eigenvalue weighted by Crippen LogP contribution is -2.46. The number of aromatic nitrogens is 4. The van der Waals surface area contributed by atoms with Gasteiger partial charge in [0.1, 0.15) is 23.0 Å². The second-order valence-electron chi connectivity index (χ2n) is 8.22. The summed E-state index contributed by atoms with van der Waals surface area (Å²) in [5, 5.41) is 6.32. The van der Waals surface area contributed by atoms with Gasteiger partial charge in [0.2, 0.25) is 0 Å². The number of nitrogens with two attached hydrogens (primary N) is 1. The molecule has 0 aliphatic carbocycles. The van der Waals surface area contributed by atoms with E-state index in [1.165, 1.54) is 0 Å². The summed E-state index contributed by atoms with van der Waals surface area (Å²) < 4.78 is 7.46. The third-order valence-corrected chi connectivity index (χ3v) is 5.56. The lowest BCUT2D eigenvalue weighted by atomic mass is 10.2. The van der Waals surface area contributed by atoms with Gasteiger partial charge in [0, 0.05) is 36.7 Å². The number of pyridine rings is 1. The third kappa shape index (κ3) is 4.48. The minimum Gasteiger partial charge on any atom is -0.384 e. The number of urea groups is 1. The first-order valence-corrected chi connectivity index (χ1v) is 11.1. The van der Waals surface area contributed by atoms with E-state index in [2.05, 4.69) is 20.6 Å². The molecule has 2 amide bonds. The molecule has 1 unspecified atom stereocenters. The number of carbonyl (C=O) groups is 1. The van der Waals surface area contributed by atoms with E-state index in [0.29, 0.717) is 48.5 Å². The van der Waals surface area contributed by atoms with Gasteiger partial charge in [-0.3, -0.25) is 4.40 Å². The number of rotatable bonds is 4. The van der Waals surface area contributed by atoms with Gasteiger partial charge < -0.3 is 26.0 Å². The first kappa shape index (κ1) is 21.7. The highest BCUT2D eigenvalue weighted by atomic mass is 16.5. The van der Waals surface area contributed by atoms with Crippen LogP contribution in [0.3, 0.4) is 0 Å². The Morgan fingerprint density at radius 2 is 1.91 bits per heavy atom. The van der Waals surface area contributed by atoms with E-state index in [9.17, 15) is 4.79 Å². The van der Waals surface area contributed by atoms with E-state index in [4.69, 9.17) is 15.5 Å². The van der Waals surface area contributed by atoms with E-state index in [-0.39, 0.29) is 12.1 Å². The molecule has 4 heterocycles. The third-order valence-electron chi connectivity index (χ3n) is 5.56. The van der Waals surface area contributed by atoms with E-state index in [1.807, 2.05) is 60.0 Å². The topological polar surface area (TPSA) is 123 Å². The summed E-state index contributed by atoms with van der Waals surface area (Å²) in [6.07, 6.45) is 1.97. The zero-order chi connectivity index (χ0) is 23.7. The number of benzene rings is 1. The SMILES string of the molecule is Cc1nc(N)cc(-c2c(Nc3ccc(NC(=O)N4CCOC(C)C4)cc3)nc3ccccn23)n1. The highest BCUT2D eigenvalue weighted by molar-refractivity contribution is 5.89. The number of carbonyl (C=O) groups excluding carboxylic acids is 1. The Morgan fingerprint density at radius 3 is 2.68 bits per heavy atom. The first-order chi connectivity index (χ1) is 16.5. The van der Waals surface area contributed by atoms with Crippen molar-refractivity contribution in [1.82, 2.24) is 24.3 Å². The number of fused-ring (bicyclic) bond motifs is 1. The molecule has 1 saturated heterocycles. The van der Waals surface area contributed by atoms with Crippen molar-refractivity contribution in [3.8, 4) is 11.4 Å². The highest BCUT2D eigenvalue weighted by Crippen LogP contribution is 2.31. The van der Waals surface area contributed by atoms with Crippen molar-refractivity contribution >= 4 is 34.7 Å². The number of nitrogens with zero attached hydrogens (tertiary/aromatic N) is 5. The van der Waals surface area contributed by atoms with Crippen LogP contribution in [0.25, 0.3) is 17.0 Å². The summed E-state index contributed by atoms with van der Waals surface area (Å²) in [7, 11) is 0. The molecule has 0 bridgehead atoms. The second-order valence-corrected chi connectivity index (χ2v) is 8.22. The molecule has 4 aromatic rings. The highest BCUT2D eigenvalue weighted by Gasteiger charge is 2.21. The van der Waals surface area contributed by atoms with Gasteiger partial charge in [-0.1, -0.05) is 6.07 Å². The Morgan fingerprint density at radius 1 is 1.12 bits per heavy atom. The average molecular weight is 459 g/mol. The molecule has 10 heteroatoms. The molecule has 0 spiro atoms. The van der Waals surface area contributed by atoms with Gasteiger partial charge in [0.25, 0.3) is 0 Å². The molecule has 1 atom stereocenters. The summed E-state index contributed by atoms with van der Waals surface area (Å²) in [6, 6.07) is 14.9. The van der Waals surface area contributed by atoms with Gasteiger partial charge in [-0.05, 0) is 50.2 Å². The number of imidazole rings is 1. The lowest BCUT2D eigenvalue weighted by molar-refractivity contribution is -0.00138. The maximum atomic E-state index is 12.6. The largest absolute Gasteiger partial charge is 0.384 e. The van der Waals surface area contributed by atoms with Crippen LogP contribution >= 0.6 is 0 Å². The molecule has 1 aliphatic heterocycles. The zero-order valence-electron chi connectivity index (χ0n) is 19.0. The molecule has 3 aromatic heterocycles. The predicted octanol–water partition coefficient (Wildman–Crippen LogP) is 3.68. The molecule has 5 rings (SSSR count). The molecule has 34 heavy (non-hydrogen) atoms. The van der Waals surface area contributed by atoms with Crippen molar-refractivity contribution in [1.29, 1.82) is 0 Å². The molecule has 4 N–H and O–H groups in total. The van der Waals surface area contributed by atoms with E-state index in [0.717, 1.165) is 17.0 Å². The van der Waals surface area contributed by atoms with Crippen molar-refractivity contribution in [2.45, 2.75) is 20.0 Å². The van der Waals surface area contributed by atoms with Crippen LogP contribution in [0.15, 0.2) is 54.7 Å². The Balaban J connectivity index is 1.39. The van der Waals surface area contributed by atoms with Gasteiger partial charge in [0.15, 0.2) is 5.82 Å². The Bertz CT molecular complexity index is 1310. The molecule has 174 valence electrons. The lowest BCUT2D eigenvalue weighted by Gasteiger charge is -2.31. The second kappa shape index (κ2) is 8.99. The van der Waals surface area contributed by atoms with Crippen molar-refractivity contribution < 1.29 is 9.53 Å². The molecule has 0 saturated carbocycles. The van der Waals surface area contributed by atoms with Crippen LogP contribution in [0.5, 0.6) is 0 Å². The number of amides is 2. The summed E-state index contributed by atoms with van der Waals surface area (Å²) >= 11 is 0. The first-order valence-electron chi connectivity index (χ1n) is 11.1. The van der Waals surface area contributed by atoms with Gasteiger partial charge >= 0.3 is 6.03 Å². The minimum atomic E-state index is -0.129. The molecule has 10 nitrogen and oxygen atoms in total. The van der Waals surface area contributed by atoms with Gasteiger partial charge in [-0.15, -0.1) is 0 Å². The van der Waals surface area contributed by atoms with Crippen molar-refractivity contribution in [2.24, 2.45) is 0 Å². The number of nitrogens with one attached hydrogen (secondary N) is 2. The summed E-state index contributed by atoms with van der Waals surface area (Å²) in [5.74, 6) is 1.62. The smallest absolute Gasteiger partial charge is 0.322 e. The Hall–Kier alpha value is -4.18. The summed E-state index contributed by atoms with van der Waals surface area (Å²) in [5.41, 5.74) is 9.75. The standard InChI is InChI=1S/C24H26N8O2/c1-15-14-31(11-12-34-15)24(33)29-18-8-6-17(7-9-18)28-23-22(19-13-20(25)27-16(2)26-19)32-10-4-3-5-21(32)30-23/h3-10,13,15,28H,11-12,14H2,1-2H3,(H,29,33)(H2,25,26,27). The number of aryl methyl sites for hydroxylation is 1. The Kier molecular flexibility index (Phi) is 5.72. The van der Waals surface area contributed by atoms with Gasteiger partial charge in [0.05, 0.1) is 18.4 Å². The van der Waals surface area contributed by atoms with Crippen LogP contribution in [0.2, 0.25) is 0 Å². The maximum absolute atomic E-state index is 12.6. The van der Waals surface area contributed by atoms with E-state index < -0.39 is 0 Å². The average Bonchev–Trinajstić information content (AvgIpc) is 3.17. The number of morpholine rings is 1. The normalized spacial score (nSPS) is 15.9. The number of anilines is 4. The molecule has 0 radical (unpaired) electrons. The number of hydrogen-bond donors (Lipinski definition) is 3. The maximum Gasteiger partial charge on any atom is 0.322 e. The fourth-order valence-electron chi connectivity index (χ4n) is 4.02. The van der Waals surface area contributed by atoms with Crippen LogP contribution in [-0.4, -0.2) is 56.1 Å². The summed E-state index contributed by atoms with van der Waals surface area (Å²) in [4.78, 5) is 27.8. The minimum absolute atomic E-state index is 0.0414. The van der Waals surface area contributed by atoms with Gasteiger partial charge in [-0.25, -0.2) is 19.7 Å². The Labute approximate surface area is 196 Å². The summed E-state index contributed by atoms with van der Waals surface area (Å²) in [6.45, 7) is 5.48. The van der Waals surface area contributed by atoms with Crippen LogP contribution in [0, 0.1) is 6.92 Å². The van der Waals surface area contributed by atoms with Crippen LogP contribution in [-0.2, 0) is 4.74 Å². The fourth-order valence-corrected chi connectivity index (χ4v) is 4.02. The van der Waals surface area contributed by atoms with E-state index >= 15 is 0 Å². The van der Waals surface area contributed by atoms with E-state index in [1.54, 1.807) is 17.9 Å². The molecule has 1 fully saturated rings. The van der Waals surface area contributed by atoms with Crippen molar-refractivity contribution in [3.63, 3.8) is 0 Å². The zero-order valence-corrected chi connectivity index (χ0v) is 19.0. The van der Waals surface area contributed by atoms with Crippen LogP contribution in [0.4, 0.5) is 27.8 Å². The monoisotopic (exact) mass is 458 g/mol. The van der Waals surface area contributed by atoms with Gasteiger partial charge in [-0.2, -0.15) is 0 Å². The molecular weight excluding hydrogens is 432 g/mol. The number of ether oxygens (including phenoxy) is 1. The molecule has 1 aromatic carbocycles. The van der Waals surface area contributed by atoms with Crippen molar-refractivity contribution in [3.05, 3.63) is 60.6 Å². The van der Waals surface area contributed by atoms with Crippen LogP contribution in [0.1, 0.15) is 12.7 Å². The van der Waals surface area contributed by atoms with Crippen LogP contribution < -0.4 is 16.4 Å².